The van der Waals surface area contributed by atoms with Crippen LogP contribution in [0.4, 0.5) is 13.2 Å². The lowest BCUT2D eigenvalue weighted by Crippen LogP contribution is -2.51. The number of allylic oxidation sites excluding steroid dienone is 2. The van der Waals surface area contributed by atoms with Crippen LogP contribution >= 0.6 is 0 Å². The largest absolute Gasteiger partial charge is 0.496 e. The van der Waals surface area contributed by atoms with Gasteiger partial charge in [0.15, 0.2) is 11.4 Å². The number of ketones is 1. The van der Waals surface area contributed by atoms with Gasteiger partial charge >= 0.3 is 6.18 Å². The number of alkyl halides is 3. The number of aliphatic imine (C=N–C) groups is 1. The second kappa shape index (κ2) is 6.27. The fourth-order valence-electron chi connectivity index (χ4n) is 2.37. The Morgan fingerprint density at radius 2 is 2.12 bits per heavy atom. The van der Waals surface area contributed by atoms with Crippen LogP contribution in [0.1, 0.15) is 6.42 Å². The van der Waals surface area contributed by atoms with E-state index in [4.69, 9.17) is 14.3 Å². The van der Waals surface area contributed by atoms with Crippen LogP contribution in [-0.2, 0) is 23.9 Å². The molecule has 0 N–H and O–H groups in total. The van der Waals surface area contributed by atoms with Crippen molar-refractivity contribution < 1.29 is 37.1 Å². The van der Waals surface area contributed by atoms with Crippen LogP contribution in [0.15, 0.2) is 29.0 Å². The van der Waals surface area contributed by atoms with E-state index in [1.807, 2.05) is 0 Å². The van der Waals surface area contributed by atoms with Crippen molar-refractivity contribution in [1.29, 1.82) is 0 Å². The third-order valence-corrected chi connectivity index (χ3v) is 3.59. The van der Waals surface area contributed by atoms with Crippen LogP contribution in [0.5, 0.6) is 0 Å². The number of carbonyl (C=O) groups excluding carboxylic acids is 2. The number of halogens is 3. The number of rotatable bonds is 3. The van der Waals surface area contributed by atoms with Gasteiger partial charge in [0, 0.05) is 19.5 Å². The molecule has 132 valence electrons. The van der Waals surface area contributed by atoms with E-state index in [1.165, 1.54) is 21.3 Å². The molecule has 10 heteroatoms. The first-order chi connectivity index (χ1) is 11.1. The van der Waals surface area contributed by atoms with Crippen LogP contribution in [0.3, 0.4) is 0 Å². The molecule has 0 aromatic heterocycles. The van der Waals surface area contributed by atoms with Gasteiger partial charge in [-0.25, -0.2) is 10.1 Å². The number of carbonyl (C=O) groups is 2. The summed E-state index contributed by atoms with van der Waals surface area (Å²) in [5, 5.41) is 0.773. The molecule has 1 aliphatic carbocycles. The molecule has 0 saturated heterocycles. The summed E-state index contributed by atoms with van der Waals surface area (Å²) in [6.07, 6.45) is -1.97. The van der Waals surface area contributed by atoms with E-state index in [2.05, 4.69) is 4.99 Å². The van der Waals surface area contributed by atoms with Crippen LogP contribution in [0.2, 0.25) is 0 Å². The predicted molar refractivity (Wildman–Crippen MR) is 74.7 cm³/mol. The predicted octanol–water partition coefficient (Wildman–Crippen LogP) is 1.16. The van der Waals surface area contributed by atoms with Crippen LogP contribution in [0.25, 0.3) is 0 Å². The maximum atomic E-state index is 13.1. The Morgan fingerprint density at radius 1 is 1.46 bits per heavy atom. The fourth-order valence-corrected chi connectivity index (χ4v) is 2.37. The van der Waals surface area contributed by atoms with Gasteiger partial charge in [0.1, 0.15) is 11.8 Å². The summed E-state index contributed by atoms with van der Waals surface area (Å²) in [5.41, 5.74) is -1.75. The number of hydroxylamine groups is 2. The number of hydrogen-bond donors (Lipinski definition) is 0. The average Bonchev–Trinajstić information content (AvgIpc) is 2.54. The molecule has 0 radical (unpaired) electrons. The van der Waals surface area contributed by atoms with Gasteiger partial charge < -0.3 is 9.47 Å². The molecule has 7 nitrogen and oxygen atoms in total. The van der Waals surface area contributed by atoms with Crippen LogP contribution < -0.4 is 0 Å². The lowest BCUT2D eigenvalue weighted by molar-refractivity contribution is -0.172. The summed E-state index contributed by atoms with van der Waals surface area (Å²) in [6, 6.07) is -1.42. The number of likely N-dealkylation sites (N-methyl/N-ethyl adjacent to an activating group) is 1. The zero-order valence-corrected chi connectivity index (χ0v) is 13.1. The number of ether oxygens (including phenoxy) is 2. The van der Waals surface area contributed by atoms with E-state index in [9.17, 15) is 22.8 Å². The van der Waals surface area contributed by atoms with Crippen molar-refractivity contribution in [2.24, 2.45) is 4.99 Å². The summed E-state index contributed by atoms with van der Waals surface area (Å²) >= 11 is 0. The maximum absolute atomic E-state index is 13.1. The minimum atomic E-state index is -4.91. The minimum Gasteiger partial charge on any atom is -0.496 e. The molecule has 2 atom stereocenters. The van der Waals surface area contributed by atoms with Crippen molar-refractivity contribution >= 4 is 17.6 Å². The molecule has 0 aromatic carbocycles. The summed E-state index contributed by atoms with van der Waals surface area (Å²) in [6.45, 7) is 0. The van der Waals surface area contributed by atoms with E-state index in [0.717, 1.165) is 23.3 Å². The Labute approximate surface area is 135 Å². The molecule has 0 fully saturated rings. The van der Waals surface area contributed by atoms with E-state index >= 15 is 0 Å². The first-order valence-electron chi connectivity index (χ1n) is 6.78. The van der Waals surface area contributed by atoms with Gasteiger partial charge in [0.2, 0.25) is 0 Å². The van der Waals surface area contributed by atoms with Crippen molar-refractivity contribution in [1.82, 2.24) is 5.06 Å². The molecule has 1 heterocycles. The second-order valence-electron chi connectivity index (χ2n) is 5.11. The maximum Gasteiger partial charge on any atom is 0.468 e. The Balaban J connectivity index is 2.48. The van der Waals surface area contributed by atoms with Gasteiger partial charge in [0.25, 0.3) is 11.8 Å². The number of nitrogens with zero attached hydrogens (tertiary/aromatic N) is 2. The molecule has 0 unspecified atom stereocenters. The standard InChI is InChI=1S/C14H15F3N2O5/c1-19(23-3)11(21)9-7-13(24-12(18-9)14(15,16)17)5-4-8(20)6-10(13)22-2/h4-6,9H,7H2,1-3H3/t9-,13+/m0/s1. The third-order valence-electron chi connectivity index (χ3n) is 3.59. The van der Waals surface area contributed by atoms with Gasteiger partial charge in [-0.3, -0.25) is 14.4 Å². The highest BCUT2D eigenvalue weighted by Gasteiger charge is 2.52. The van der Waals surface area contributed by atoms with E-state index in [1.54, 1.807) is 0 Å². The van der Waals surface area contributed by atoms with Crippen molar-refractivity contribution in [2.75, 3.05) is 21.3 Å². The lowest BCUT2D eigenvalue weighted by Gasteiger charge is -2.39. The monoisotopic (exact) mass is 348 g/mol. The molecule has 1 amide bonds. The smallest absolute Gasteiger partial charge is 0.468 e. The Bertz CT molecular complexity index is 641. The average molecular weight is 348 g/mol. The zero-order chi connectivity index (χ0) is 18.1. The second-order valence-corrected chi connectivity index (χ2v) is 5.11. The minimum absolute atomic E-state index is 0.135. The van der Waals surface area contributed by atoms with Crippen molar-refractivity contribution in [2.45, 2.75) is 24.2 Å². The molecule has 24 heavy (non-hydrogen) atoms. The van der Waals surface area contributed by atoms with Gasteiger partial charge in [-0.05, 0) is 12.2 Å². The summed E-state index contributed by atoms with van der Waals surface area (Å²) in [4.78, 5) is 31.7. The van der Waals surface area contributed by atoms with Gasteiger partial charge in [-0.15, -0.1) is 0 Å². The summed E-state index contributed by atoms with van der Waals surface area (Å²) < 4.78 is 49.5. The lowest BCUT2D eigenvalue weighted by atomic mass is 9.86. The summed E-state index contributed by atoms with van der Waals surface area (Å²) in [5.74, 6) is -2.96. The molecule has 2 rings (SSSR count). The molecule has 1 aliphatic heterocycles. The topological polar surface area (TPSA) is 77.4 Å². The van der Waals surface area contributed by atoms with E-state index in [-0.39, 0.29) is 12.2 Å². The molecule has 0 saturated carbocycles. The molecule has 0 aromatic rings. The van der Waals surface area contributed by atoms with Gasteiger partial charge in [0.05, 0.1) is 14.2 Å². The normalized spacial score (nSPS) is 26.6. The zero-order valence-electron chi connectivity index (χ0n) is 13.1. The Kier molecular flexibility index (Phi) is 4.70. The molecule has 0 bridgehead atoms. The van der Waals surface area contributed by atoms with Crippen LogP contribution in [0, 0.1) is 0 Å². The first-order valence-corrected chi connectivity index (χ1v) is 6.78. The highest BCUT2D eigenvalue weighted by atomic mass is 19.4. The fraction of sp³-hybridized carbons (Fsp3) is 0.500. The molecule has 1 spiro atoms. The quantitative estimate of drug-likeness (QED) is 0.716. The van der Waals surface area contributed by atoms with E-state index in [0.29, 0.717) is 0 Å². The van der Waals surface area contributed by atoms with Crippen molar-refractivity contribution in [3.63, 3.8) is 0 Å². The number of methoxy groups -OCH3 is 1. The van der Waals surface area contributed by atoms with Crippen molar-refractivity contribution in [3.8, 4) is 0 Å². The Morgan fingerprint density at radius 3 is 2.67 bits per heavy atom. The van der Waals surface area contributed by atoms with E-state index < -0.39 is 35.4 Å². The highest BCUT2D eigenvalue weighted by molar-refractivity contribution is 6.01. The Hall–Kier alpha value is -2.36. The summed E-state index contributed by atoms with van der Waals surface area (Å²) in [7, 11) is 3.64. The first kappa shape index (κ1) is 18.0. The van der Waals surface area contributed by atoms with Gasteiger partial charge in [-0.1, -0.05) is 0 Å². The van der Waals surface area contributed by atoms with Crippen molar-refractivity contribution in [3.05, 3.63) is 24.0 Å². The molecule has 2 aliphatic rings. The highest BCUT2D eigenvalue weighted by Crippen LogP contribution is 2.39. The molecular formula is C14H15F3N2O5. The van der Waals surface area contributed by atoms with Crippen LogP contribution in [-0.4, -0.2) is 61.7 Å². The number of amides is 1. The molecular weight excluding hydrogens is 333 g/mol. The SMILES string of the molecule is COC1=CC(=O)C=C[C@@]12C[C@@H](C(=O)N(C)OC)N=C(C(F)(F)F)O2. The third kappa shape index (κ3) is 3.28. The number of hydrogen-bond acceptors (Lipinski definition) is 6. The van der Waals surface area contributed by atoms with Gasteiger partial charge in [-0.2, -0.15) is 13.2 Å².